The Morgan fingerprint density at radius 3 is 2.37 bits per heavy atom. The van der Waals surface area contributed by atoms with Gasteiger partial charge in [-0.05, 0) is 50.8 Å². The highest BCUT2D eigenvalue weighted by Crippen LogP contribution is 2.24. The van der Waals surface area contributed by atoms with Crippen LogP contribution in [0.3, 0.4) is 0 Å². The average molecular weight is 430 g/mol. The maximum Gasteiger partial charge on any atom is 0.218 e. The summed E-state index contributed by atoms with van der Waals surface area (Å²) in [5, 5.41) is 8.91. The number of hydrogen-bond donors (Lipinski definition) is 0. The molecule has 8 heteroatoms. The molecular formula is C22H31N5O2S. The molecule has 162 valence electrons. The fraction of sp³-hybridized carbons (Fsp3) is 0.545. The summed E-state index contributed by atoms with van der Waals surface area (Å²) in [6, 6.07) is 12.3. The number of aryl methyl sites for hydroxylation is 1. The Bertz CT molecular complexity index is 956. The van der Waals surface area contributed by atoms with Gasteiger partial charge in [-0.25, -0.2) is 8.42 Å². The molecule has 2 saturated heterocycles. The summed E-state index contributed by atoms with van der Waals surface area (Å²) in [7, 11) is -3.32. The average Bonchev–Trinajstić information content (AvgIpc) is 2.74. The minimum absolute atomic E-state index is 0.0528. The topological polar surface area (TPSA) is 69.6 Å². The van der Waals surface area contributed by atoms with Crippen molar-refractivity contribution >= 4 is 21.7 Å². The first kappa shape index (κ1) is 21.1. The minimum Gasteiger partial charge on any atom is -0.352 e. The van der Waals surface area contributed by atoms with Crippen LogP contribution in [0.4, 0.5) is 11.6 Å². The molecule has 3 heterocycles. The van der Waals surface area contributed by atoms with Crippen molar-refractivity contribution in [2.45, 2.75) is 44.9 Å². The van der Waals surface area contributed by atoms with Crippen LogP contribution in [0.1, 0.15) is 37.3 Å². The summed E-state index contributed by atoms with van der Waals surface area (Å²) >= 11 is 0. The fourth-order valence-corrected chi connectivity index (χ4v) is 5.88. The van der Waals surface area contributed by atoms with Gasteiger partial charge < -0.3 is 9.80 Å². The van der Waals surface area contributed by atoms with E-state index >= 15 is 0 Å². The second-order valence-electron chi connectivity index (χ2n) is 8.42. The van der Waals surface area contributed by atoms with Crippen LogP contribution in [-0.2, 0) is 15.8 Å². The Balaban J connectivity index is 1.36. The molecule has 0 bridgehead atoms. The third-order valence-electron chi connectivity index (χ3n) is 6.12. The largest absolute Gasteiger partial charge is 0.352 e. The second kappa shape index (κ2) is 8.89. The molecule has 2 aliphatic rings. The van der Waals surface area contributed by atoms with Crippen molar-refractivity contribution in [2.24, 2.45) is 0 Å². The first-order valence-corrected chi connectivity index (χ1v) is 12.4. The van der Waals surface area contributed by atoms with Crippen molar-refractivity contribution in [1.29, 1.82) is 0 Å². The summed E-state index contributed by atoms with van der Waals surface area (Å²) in [5.74, 6) is 1.81. The van der Waals surface area contributed by atoms with E-state index in [0.29, 0.717) is 32.2 Å². The van der Waals surface area contributed by atoms with E-state index in [0.717, 1.165) is 29.3 Å². The molecule has 1 aromatic heterocycles. The number of aromatic nitrogens is 2. The highest BCUT2D eigenvalue weighted by molar-refractivity contribution is 7.88. The number of nitrogens with zero attached hydrogens (tertiary/aromatic N) is 5. The molecule has 0 N–H and O–H groups in total. The lowest BCUT2D eigenvalue weighted by molar-refractivity contribution is 0.383. The summed E-state index contributed by atoms with van der Waals surface area (Å²) < 4.78 is 27.3. The monoisotopic (exact) mass is 429 g/mol. The number of hydrogen-bond acceptors (Lipinski definition) is 6. The number of piperazine rings is 1. The zero-order chi connectivity index (χ0) is 21.1. The van der Waals surface area contributed by atoms with Gasteiger partial charge in [0.2, 0.25) is 10.0 Å². The van der Waals surface area contributed by atoms with Gasteiger partial charge in [0.15, 0.2) is 11.6 Å². The van der Waals surface area contributed by atoms with Crippen molar-refractivity contribution in [3.63, 3.8) is 0 Å². The lowest BCUT2D eigenvalue weighted by atomic mass is 10.0. The van der Waals surface area contributed by atoms with E-state index in [1.165, 1.54) is 19.3 Å². The van der Waals surface area contributed by atoms with Gasteiger partial charge in [0.25, 0.3) is 0 Å². The van der Waals surface area contributed by atoms with Crippen LogP contribution in [0, 0.1) is 6.92 Å². The molecule has 30 heavy (non-hydrogen) atoms. The molecular weight excluding hydrogens is 398 g/mol. The number of sulfonamides is 1. The van der Waals surface area contributed by atoms with Gasteiger partial charge in [-0.1, -0.05) is 29.8 Å². The van der Waals surface area contributed by atoms with E-state index in [1.54, 1.807) is 4.31 Å². The molecule has 0 aliphatic carbocycles. The number of rotatable bonds is 5. The van der Waals surface area contributed by atoms with Crippen LogP contribution in [0.5, 0.6) is 0 Å². The summed E-state index contributed by atoms with van der Waals surface area (Å²) in [4.78, 5) is 4.45. The van der Waals surface area contributed by atoms with Gasteiger partial charge in [-0.3, -0.25) is 0 Å². The zero-order valence-electron chi connectivity index (χ0n) is 17.9. The quantitative estimate of drug-likeness (QED) is 0.728. The number of piperidine rings is 1. The lowest BCUT2D eigenvalue weighted by Gasteiger charge is -2.35. The molecule has 1 atom stereocenters. The maximum absolute atomic E-state index is 12.8. The third-order valence-corrected chi connectivity index (χ3v) is 7.97. The Morgan fingerprint density at radius 2 is 1.70 bits per heavy atom. The van der Waals surface area contributed by atoms with E-state index in [9.17, 15) is 8.42 Å². The Labute approximate surface area is 179 Å². The van der Waals surface area contributed by atoms with E-state index in [-0.39, 0.29) is 5.75 Å². The predicted molar refractivity (Wildman–Crippen MR) is 120 cm³/mol. The molecule has 0 amide bonds. The van der Waals surface area contributed by atoms with Crippen molar-refractivity contribution in [1.82, 2.24) is 14.5 Å². The molecule has 0 spiro atoms. The van der Waals surface area contributed by atoms with E-state index in [1.807, 2.05) is 43.3 Å². The maximum atomic E-state index is 12.8. The SMILES string of the molecule is Cc1cccc(CS(=O)(=O)N2CCN(c3ccc(N4CCCCC4C)nn3)CC2)c1. The minimum atomic E-state index is -3.32. The van der Waals surface area contributed by atoms with E-state index < -0.39 is 10.0 Å². The molecule has 4 rings (SSSR count). The third kappa shape index (κ3) is 4.75. The fourth-order valence-electron chi connectivity index (χ4n) is 4.38. The van der Waals surface area contributed by atoms with Gasteiger partial charge in [-0.2, -0.15) is 4.31 Å². The smallest absolute Gasteiger partial charge is 0.218 e. The molecule has 0 radical (unpaired) electrons. The first-order valence-electron chi connectivity index (χ1n) is 10.8. The van der Waals surface area contributed by atoms with Gasteiger partial charge in [-0.15, -0.1) is 10.2 Å². The van der Waals surface area contributed by atoms with Crippen LogP contribution in [0.25, 0.3) is 0 Å². The van der Waals surface area contributed by atoms with Crippen molar-refractivity contribution < 1.29 is 8.42 Å². The Kier molecular flexibility index (Phi) is 6.24. The summed E-state index contributed by atoms with van der Waals surface area (Å²) in [5.41, 5.74) is 1.92. The van der Waals surface area contributed by atoms with Gasteiger partial charge in [0.05, 0.1) is 5.75 Å². The molecule has 2 aliphatic heterocycles. The van der Waals surface area contributed by atoms with Crippen LogP contribution < -0.4 is 9.80 Å². The lowest BCUT2D eigenvalue weighted by Crippen LogP contribution is -2.49. The van der Waals surface area contributed by atoms with Gasteiger partial charge in [0.1, 0.15) is 0 Å². The molecule has 2 fully saturated rings. The van der Waals surface area contributed by atoms with Crippen molar-refractivity contribution in [3.8, 4) is 0 Å². The summed E-state index contributed by atoms with van der Waals surface area (Å²) in [6.45, 7) is 7.45. The van der Waals surface area contributed by atoms with Crippen molar-refractivity contribution in [3.05, 3.63) is 47.5 Å². The Hall–Kier alpha value is -2.19. The molecule has 2 aromatic rings. The molecule has 7 nitrogen and oxygen atoms in total. The number of benzene rings is 1. The number of anilines is 2. The highest BCUT2D eigenvalue weighted by atomic mass is 32.2. The second-order valence-corrected chi connectivity index (χ2v) is 10.4. The van der Waals surface area contributed by atoms with E-state index in [4.69, 9.17) is 0 Å². The zero-order valence-corrected chi connectivity index (χ0v) is 18.7. The van der Waals surface area contributed by atoms with Crippen molar-refractivity contribution in [2.75, 3.05) is 42.5 Å². The summed E-state index contributed by atoms with van der Waals surface area (Å²) in [6.07, 6.45) is 3.68. The first-order chi connectivity index (χ1) is 14.4. The predicted octanol–water partition coefficient (Wildman–Crippen LogP) is 2.82. The molecule has 1 aromatic carbocycles. The van der Waals surface area contributed by atoms with Crippen LogP contribution in [0.2, 0.25) is 0 Å². The molecule has 1 unspecified atom stereocenters. The van der Waals surface area contributed by atoms with Crippen LogP contribution >= 0.6 is 0 Å². The highest BCUT2D eigenvalue weighted by Gasteiger charge is 2.28. The standard InChI is InChI=1S/C22H31N5O2S/c1-18-6-5-8-20(16-18)17-30(28,29)26-14-12-25(13-15-26)21-9-10-22(24-23-21)27-11-4-3-7-19(27)2/h5-6,8-10,16,19H,3-4,7,11-15,17H2,1-2H3. The Morgan fingerprint density at radius 1 is 0.967 bits per heavy atom. The molecule has 0 saturated carbocycles. The van der Waals surface area contributed by atoms with E-state index in [2.05, 4.69) is 26.9 Å². The normalized spacial score (nSPS) is 21.1. The van der Waals surface area contributed by atoms with Crippen LogP contribution in [0.15, 0.2) is 36.4 Å². The van der Waals surface area contributed by atoms with Gasteiger partial charge >= 0.3 is 0 Å². The van der Waals surface area contributed by atoms with Crippen LogP contribution in [-0.4, -0.2) is 61.7 Å². The van der Waals surface area contributed by atoms with Gasteiger partial charge in [0, 0.05) is 38.8 Å².